The molecular formula is C19H24N2O3. The normalized spacial score (nSPS) is 12.0. The first-order chi connectivity index (χ1) is 11.4. The predicted octanol–water partition coefficient (Wildman–Crippen LogP) is 3.00. The van der Waals surface area contributed by atoms with E-state index in [2.05, 4.69) is 5.32 Å². The molecule has 1 N–H and O–H groups in total. The van der Waals surface area contributed by atoms with Crippen LogP contribution in [0.25, 0.3) is 0 Å². The van der Waals surface area contributed by atoms with Crippen LogP contribution in [0.4, 0.5) is 0 Å². The molecule has 0 aliphatic rings. The number of aryl methyl sites for hydroxylation is 1. The minimum absolute atomic E-state index is 0.0223. The van der Waals surface area contributed by atoms with Gasteiger partial charge in [-0.05, 0) is 37.1 Å². The van der Waals surface area contributed by atoms with Crippen molar-refractivity contribution in [3.63, 3.8) is 0 Å². The van der Waals surface area contributed by atoms with Crippen LogP contribution in [0.5, 0.6) is 0 Å². The molecule has 0 bridgehead atoms. The Hall–Kier alpha value is -2.56. The van der Waals surface area contributed by atoms with Crippen LogP contribution < -0.4 is 5.32 Å². The van der Waals surface area contributed by atoms with Crippen molar-refractivity contribution in [3.05, 3.63) is 59.5 Å². The molecule has 1 heterocycles. The van der Waals surface area contributed by atoms with Crippen molar-refractivity contribution in [1.82, 2.24) is 10.2 Å². The zero-order valence-corrected chi connectivity index (χ0v) is 14.6. The lowest BCUT2D eigenvalue weighted by Gasteiger charge is -2.26. The zero-order chi connectivity index (χ0) is 17.7. The molecule has 2 rings (SSSR count). The average molecular weight is 328 g/mol. The maximum absolute atomic E-state index is 12.7. The summed E-state index contributed by atoms with van der Waals surface area (Å²) in [5, 5.41) is 2.85. The van der Waals surface area contributed by atoms with Crippen molar-refractivity contribution >= 4 is 11.8 Å². The number of benzene rings is 1. The van der Waals surface area contributed by atoms with Gasteiger partial charge < -0.3 is 14.6 Å². The molecule has 1 aromatic carbocycles. The quantitative estimate of drug-likeness (QED) is 0.886. The monoisotopic (exact) mass is 328 g/mol. The van der Waals surface area contributed by atoms with Gasteiger partial charge in [0.2, 0.25) is 5.91 Å². The molecule has 0 aliphatic heterocycles. The van der Waals surface area contributed by atoms with E-state index in [9.17, 15) is 9.59 Å². The Kier molecular flexibility index (Phi) is 5.79. The first kappa shape index (κ1) is 17.8. The molecule has 2 amide bonds. The summed E-state index contributed by atoms with van der Waals surface area (Å²) >= 11 is 0. The second-order valence-corrected chi connectivity index (χ2v) is 6.33. The second kappa shape index (κ2) is 7.81. The van der Waals surface area contributed by atoms with Gasteiger partial charge in [0.05, 0.1) is 12.8 Å². The number of hydrogen-bond acceptors (Lipinski definition) is 3. The van der Waals surface area contributed by atoms with Gasteiger partial charge in [0.1, 0.15) is 11.8 Å². The van der Waals surface area contributed by atoms with Crippen LogP contribution in [0, 0.1) is 12.8 Å². The van der Waals surface area contributed by atoms with Crippen molar-refractivity contribution in [2.75, 3.05) is 7.05 Å². The third-order valence-electron chi connectivity index (χ3n) is 3.88. The lowest BCUT2D eigenvalue weighted by Crippen LogP contribution is -2.50. The van der Waals surface area contributed by atoms with Crippen LogP contribution in [0.15, 0.2) is 47.1 Å². The van der Waals surface area contributed by atoms with Crippen LogP contribution in [0.3, 0.4) is 0 Å². The number of amides is 2. The number of hydrogen-bond donors (Lipinski definition) is 1. The summed E-state index contributed by atoms with van der Waals surface area (Å²) in [6.07, 6.45) is 1.58. The van der Waals surface area contributed by atoms with Crippen molar-refractivity contribution < 1.29 is 14.0 Å². The summed E-state index contributed by atoms with van der Waals surface area (Å²) in [7, 11) is 1.71. The summed E-state index contributed by atoms with van der Waals surface area (Å²) < 4.78 is 5.27. The van der Waals surface area contributed by atoms with Crippen molar-refractivity contribution in [1.29, 1.82) is 0 Å². The van der Waals surface area contributed by atoms with Crippen molar-refractivity contribution in [2.45, 2.75) is 33.4 Å². The van der Waals surface area contributed by atoms with E-state index in [0.29, 0.717) is 17.9 Å². The van der Waals surface area contributed by atoms with Gasteiger partial charge in [0, 0.05) is 12.6 Å². The second-order valence-electron chi connectivity index (χ2n) is 6.33. The summed E-state index contributed by atoms with van der Waals surface area (Å²) in [4.78, 5) is 26.7. The number of carbonyl (C=O) groups is 2. The van der Waals surface area contributed by atoms with E-state index >= 15 is 0 Å². The van der Waals surface area contributed by atoms with E-state index in [4.69, 9.17) is 4.42 Å². The summed E-state index contributed by atoms with van der Waals surface area (Å²) in [6, 6.07) is 10.3. The maximum Gasteiger partial charge on any atom is 0.251 e. The van der Waals surface area contributed by atoms with E-state index < -0.39 is 6.04 Å². The van der Waals surface area contributed by atoms with E-state index in [-0.39, 0.29) is 17.7 Å². The number of nitrogens with one attached hydrogen (secondary N) is 1. The van der Waals surface area contributed by atoms with Gasteiger partial charge in [-0.15, -0.1) is 0 Å². The number of rotatable bonds is 6. The first-order valence-corrected chi connectivity index (χ1v) is 8.03. The molecule has 128 valence electrons. The minimum Gasteiger partial charge on any atom is -0.467 e. The number of furan rings is 1. The highest BCUT2D eigenvalue weighted by Gasteiger charge is 2.27. The molecule has 0 aliphatic carbocycles. The molecule has 1 atom stereocenters. The molecule has 0 radical (unpaired) electrons. The van der Waals surface area contributed by atoms with Crippen LogP contribution in [-0.2, 0) is 11.3 Å². The third-order valence-corrected chi connectivity index (χ3v) is 3.88. The summed E-state index contributed by atoms with van der Waals surface area (Å²) in [6.45, 7) is 6.17. The van der Waals surface area contributed by atoms with Crippen LogP contribution in [-0.4, -0.2) is 29.8 Å². The molecule has 2 aromatic rings. The molecule has 1 aromatic heterocycles. The molecule has 0 saturated carbocycles. The van der Waals surface area contributed by atoms with Crippen LogP contribution in [0.1, 0.15) is 35.5 Å². The SMILES string of the molecule is Cc1ccc(C(=O)NC(C(=O)N(C)Cc2ccco2)C(C)C)cc1. The molecule has 5 heteroatoms. The van der Waals surface area contributed by atoms with Gasteiger partial charge in [0.25, 0.3) is 5.91 Å². The Balaban J connectivity index is 2.06. The Morgan fingerprint density at radius 2 is 1.83 bits per heavy atom. The third kappa shape index (κ3) is 4.47. The van der Waals surface area contributed by atoms with Crippen LogP contribution >= 0.6 is 0 Å². The van der Waals surface area contributed by atoms with E-state index in [1.54, 1.807) is 36.4 Å². The molecule has 0 saturated heterocycles. The van der Waals surface area contributed by atoms with Crippen molar-refractivity contribution in [3.8, 4) is 0 Å². The Morgan fingerprint density at radius 3 is 2.38 bits per heavy atom. The Bertz CT molecular complexity index is 675. The smallest absolute Gasteiger partial charge is 0.251 e. The topological polar surface area (TPSA) is 62.6 Å². The Labute approximate surface area is 142 Å². The maximum atomic E-state index is 12.7. The van der Waals surface area contributed by atoms with Gasteiger partial charge in [-0.1, -0.05) is 31.5 Å². The van der Waals surface area contributed by atoms with Crippen molar-refractivity contribution in [2.24, 2.45) is 5.92 Å². The standard InChI is InChI=1S/C19H24N2O3/c1-13(2)17(19(23)21(4)12-16-6-5-11-24-16)20-18(22)15-9-7-14(3)8-10-15/h5-11,13,17H,12H2,1-4H3,(H,20,22). The van der Waals surface area contributed by atoms with Gasteiger partial charge in [-0.3, -0.25) is 9.59 Å². The first-order valence-electron chi connectivity index (χ1n) is 8.03. The van der Waals surface area contributed by atoms with E-state index in [0.717, 1.165) is 5.56 Å². The predicted molar refractivity (Wildman–Crippen MR) is 92.5 cm³/mol. The fraction of sp³-hybridized carbons (Fsp3) is 0.368. The lowest BCUT2D eigenvalue weighted by atomic mass is 10.0. The number of likely N-dealkylation sites (N-methyl/N-ethyl adjacent to an activating group) is 1. The zero-order valence-electron chi connectivity index (χ0n) is 14.6. The fourth-order valence-corrected chi connectivity index (χ4v) is 2.39. The van der Waals surface area contributed by atoms with Crippen LogP contribution in [0.2, 0.25) is 0 Å². The Morgan fingerprint density at radius 1 is 1.17 bits per heavy atom. The van der Waals surface area contributed by atoms with Gasteiger partial charge in [-0.25, -0.2) is 0 Å². The molecule has 1 unspecified atom stereocenters. The highest BCUT2D eigenvalue weighted by Crippen LogP contribution is 2.11. The molecule has 5 nitrogen and oxygen atoms in total. The summed E-state index contributed by atoms with van der Waals surface area (Å²) in [5.41, 5.74) is 1.63. The molecule has 0 spiro atoms. The number of nitrogens with zero attached hydrogens (tertiary/aromatic N) is 1. The molecule has 0 fully saturated rings. The lowest BCUT2D eigenvalue weighted by molar-refractivity contribution is -0.133. The highest BCUT2D eigenvalue weighted by molar-refractivity contribution is 5.97. The fourth-order valence-electron chi connectivity index (χ4n) is 2.39. The minimum atomic E-state index is -0.584. The molecular weight excluding hydrogens is 304 g/mol. The summed E-state index contributed by atoms with van der Waals surface area (Å²) in [5.74, 6) is 0.305. The van der Waals surface area contributed by atoms with E-state index in [1.165, 1.54) is 0 Å². The number of carbonyl (C=O) groups excluding carboxylic acids is 2. The average Bonchev–Trinajstić information content (AvgIpc) is 3.05. The highest BCUT2D eigenvalue weighted by atomic mass is 16.3. The van der Waals surface area contributed by atoms with Gasteiger partial charge >= 0.3 is 0 Å². The largest absolute Gasteiger partial charge is 0.467 e. The van der Waals surface area contributed by atoms with Gasteiger partial charge in [0.15, 0.2) is 0 Å². The molecule has 24 heavy (non-hydrogen) atoms. The van der Waals surface area contributed by atoms with E-state index in [1.807, 2.05) is 39.0 Å². The van der Waals surface area contributed by atoms with Gasteiger partial charge in [-0.2, -0.15) is 0 Å².